The minimum absolute atomic E-state index is 0.00388. The van der Waals surface area contributed by atoms with Crippen molar-refractivity contribution in [2.75, 3.05) is 20.2 Å². The Morgan fingerprint density at radius 1 is 1.30 bits per heavy atom. The number of furan rings is 1. The van der Waals surface area contributed by atoms with Gasteiger partial charge in [0, 0.05) is 38.0 Å². The van der Waals surface area contributed by atoms with Gasteiger partial charge in [0.15, 0.2) is 0 Å². The van der Waals surface area contributed by atoms with E-state index in [1.165, 1.54) is 0 Å². The number of carbonyl (C=O) groups is 2. The van der Waals surface area contributed by atoms with Gasteiger partial charge in [0.2, 0.25) is 11.8 Å². The molecule has 6 heteroatoms. The number of benzene rings is 1. The molecule has 0 radical (unpaired) electrons. The Hall–Kier alpha value is -2.76. The van der Waals surface area contributed by atoms with Crippen molar-refractivity contribution in [3.63, 3.8) is 0 Å². The fraction of sp³-hybridized carbons (Fsp3) is 0.429. The fourth-order valence-electron chi connectivity index (χ4n) is 3.39. The molecule has 2 aromatic rings. The Labute approximate surface area is 159 Å². The maximum Gasteiger partial charge on any atom is 0.224 e. The van der Waals surface area contributed by atoms with E-state index in [9.17, 15) is 9.59 Å². The highest BCUT2D eigenvalue weighted by atomic mass is 16.5. The van der Waals surface area contributed by atoms with E-state index in [4.69, 9.17) is 9.15 Å². The number of para-hydroxylation sites is 1. The SMILES string of the molecule is COc1ccccc1CN1C[C@@H](C(=O)NCCc2ccc(C)o2)CCC1=O. The van der Waals surface area contributed by atoms with Crippen LogP contribution in [-0.2, 0) is 22.6 Å². The van der Waals surface area contributed by atoms with Crippen LogP contribution in [0.2, 0.25) is 0 Å². The molecule has 3 rings (SSSR count). The smallest absolute Gasteiger partial charge is 0.224 e. The highest BCUT2D eigenvalue weighted by Gasteiger charge is 2.30. The number of ether oxygens (including phenoxy) is 1. The predicted molar refractivity (Wildman–Crippen MR) is 101 cm³/mol. The monoisotopic (exact) mass is 370 g/mol. The van der Waals surface area contributed by atoms with Crippen LogP contribution >= 0.6 is 0 Å². The van der Waals surface area contributed by atoms with Crippen molar-refractivity contribution in [2.45, 2.75) is 32.7 Å². The van der Waals surface area contributed by atoms with E-state index in [2.05, 4.69) is 5.32 Å². The van der Waals surface area contributed by atoms with Crippen LogP contribution in [0.15, 0.2) is 40.8 Å². The van der Waals surface area contributed by atoms with Crippen molar-refractivity contribution in [3.8, 4) is 5.75 Å². The number of nitrogens with one attached hydrogen (secondary N) is 1. The average molecular weight is 370 g/mol. The van der Waals surface area contributed by atoms with Crippen molar-refractivity contribution >= 4 is 11.8 Å². The molecule has 1 aromatic heterocycles. The molecule has 1 N–H and O–H groups in total. The summed E-state index contributed by atoms with van der Waals surface area (Å²) in [7, 11) is 1.62. The van der Waals surface area contributed by atoms with Crippen molar-refractivity contribution in [2.24, 2.45) is 5.92 Å². The van der Waals surface area contributed by atoms with Crippen LogP contribution in [0, 0.1) is 12.8 Å². The summed E-state index contributed by atoms with van der Waals surface area (Å²) in [5.74, 6) is 2.38. The van der Waals surface area contributed by atoms with Gasteiger partial charge < -0.3 is 19.4 Å². The molecular weight excluding hydrogens is 344 g/mol. The van der Waals surface area contributed by atoms with E-state index in [0.29, 0.717) is 38.9 Å². The first-order valence-electron chi connectivity index (χ1n) is 9.29. The van der Waals surface area contributed by atoms with Gasteiger partial charge in [0.25, 0.3) is 0 Å². The van der Waals surface area contributed by atoms with Crippen molar-refractivity contribution in [3.05, 3.63) is 53.5 Å². The lowest BCUT2D eigenvalue weighted by atomic mass is 9.96. The number of nitrogens with zero attached hydrogens (tertiary/aromatic N) is 1. The van der Waals surface area contributed by atoms with Gasteiger partial charge in [-0.25, -0.2) is 0 Å². The van der Waals surface area contributed by atoms with Gasteiger partial charge >= 0.3 is 0 Å². The second-order valence-corrected chi connectivity index (χ2v) is 6.88. The standard InChI is InChI=1S/C21H26N2O4/c1-15-7-9-18(27-15)11-12-22-21(25)17-8-10-20(24)23(14-17)13-16-5-3-4-6-19(16)26-2/h3-7,9,17H,8,10-14H2,1-2H3,(H,22,25)/t17-/m0/s1. The molecule has 0 saturated carbocycles. The Morgan fingerprint density at radius 3 is 2.85 bits per heavy atom. The lowest BCUT2D eigenvalue weighted by Gasteiger charge is -2.32. The highest BCUT2D eigenvalue weighted by Crippen LogP contribution is 2.24. The summed E-state index contributed by atoms with van der Waals surface area (Å²) in [6.45, 7) is 3.32. The van der Waals surface area contributed by atoms with Crippen LogP contribution in [-0.4, -0.2) is 36.9 Å². The molecule has 0 bridgehead atoms. The molecule has 2 amide bonds. The number of aryl methyl sites for hydroxylation is 1. The maximum absolute atomic E-state index is 12.5. The number of methoxy groups -OCH3 is 1. The van der Waals surface area contributed by atoms with Gasteiger partial charge in [0.05, 0.1) is 13.0 Å². The van der Waals surface area contributed by atoms with Gasteiger partial charge in [0.1, 0.15) is 17.3 Å². The van der Waals surface area contributed by atoms with E-state index >= 15 is 0 Å². The summed E-state index contributed by atoms with van der Waals surface area (Å²) in [5, 5.41) is 2.97. The van der Waals surface area contributed by atoms with E-state index in [-0.39, 0.29) is 17.7 Å². The zero-order valence-corrected chi connectivity index (χ0v) is 15.9. The number of rotatable bonds is 7. The molecule has 0 spiro atoms. The molecule has 1 aliphatic rings. The first-order chi connectivity index (χ1) is 13.1. The van der Waals surface area contributed by atoms with Crippen LogP contribution in [0.1, 0.15) is 29.9 Å². The third-order valence-corrected chi connectivity index (χ3v) is 4.89. The van der Waals surface area contributed by atoms with E-state index in [1.54, 1.807) is 12.0 Å². The van der Waals surface area contributed by atoms with Crippen LogP contribution in [0.25, 0.3) is 0 Å². The zero-order chi connectivity index (χ0) is 19.2. The number of carbonyl (C=O) groups excluding carboxylic acids is 2. The summed E-state index contributed by atoms with van der Waals surface area (Å²) < 4.78 is 10.9. The second kappa shape index (κ2) is 8.75. The van der Waals surface area contributed by atoms with Crippen LogP contribution < -0.4 is 10.1 Å². The summed E-state index contributed by atoms with van der Waals surface area (Å²) >= 11 is 0. The maximum atomic E-state index is 12.5. The molecular formula is C21H26N2O4. The normalized spacial score (nSPS) is 17.0. The van der Waals surface area contributed by atoms with E-state index < -0.39 is 0 Å². The molecule has 0 aliphatic carbocycles. The van der Waals surface area contributed by atoms with Crippen molar-refractivity contribution < 1.29 is 18.7 Å². The molecule has 1 aromatic carbocycles. The highest BCUT2D eigenvalue weighted by molar-refractivity contribution is 5.83. The molecule has 2 heterocycles. The largest absolute Gasteiger partial charge is 0.496 e. The number of piperidine rings is 1. The van der Waals surface area contributed by atoms with Crippen LogP contribution in [0.3, 0.4) is 0 Å². The Balaban J connectivity index is 1.54. The molecule has 6 nitrogen and oxygen atoms in total. The minimum atomic E-state index is -0.184. The Kier molecular flexibility index (Phi) is 6.16. The molecule has 0 unspecified atom stereocenters. The molecule has 27 heavy (non-hydrogen) atoms. The third kappa shape index (κ3) is 4.90. The number of hydrogen-bond donors (Lipinski definition) is 1. The van der Waals surface area contributed by atoms with Gasteiger partial charge in [-0.15, -0.1) is 0 Å². The minimum Gasteiger partial charge on any atom is -0.496 e. The van der Waals surface area contributed by atoms with Gasteiger partial charge in [-0.3, -0.25) is 9.59 Å². The molecule has 1 atom stereocenters. The van der Waals surface area contributed by atoms with Crippen LogP contribution in [0.4, 0.5) is 0 Å². The molecule has 1 fully saturated rings. The molecule has 144 valence electrons. The lowest BCUT2D eigenvalue weighted by Crippen LogP contribution is -2.45. The fourth-order valence-corrected chi connectivity index (χ4v) is 3.39. The average Bonchev–Trinajstić information content (AvgIpc) is 3.09. The Bertz CT molecular complexity index is 799. The number of likely N-dealkylation sites (tertiary alicyclic amines) is 1. The number of hydrogen-bond acceptors (Lipinski definition) is 4. The molecule has 1 aliphatic heterocycles. The summed E-state index contributed by atoms with van der Waals surface area (Å²) in [4.78, 5) is 26.6. The zero-order valence-electron chi connectivity index (χ0n) is 15.9. The first-order valence-corrected chi connectivity index (χ1v) is 9.29. The lowest BCUT2D eigenvalue weighted by molar-refractivity contribution is -0.138. The summed E-state index contributed by atoms with van der Waals surface area (Å²) in [6.07, 6.45) is 1.65. The van der Waals surface area contributed by atoms with Gasteiger partial charge in [-0.1, -0.05) is 18.2 Å². The van der Waals surface area contributed by atoms with Gasteiger partial charge in [-0.2, -0.15) is 0 Å². The summed E-state index contributed by atoms with van der Waals surface area (Å²) in [6, 6.07) is 11.5. The Morgan fingerprint density at radius 2 is 2.11 bits per heavy atom. The quantitative estimate of drug-likeness (QED) is 0.813. The van der Waals surface area contributed by atoms with Crippen molar-refractivity contribution in [1.29, 1.82) is 0 Å². The number of amides is 2. The topological polar surface area (TPSA) is 71.8 Å². The summed E-state index contributed by atoms with van der Waals surface area (Å²) in [5.41, 5.74) is 0.947. The van der Waals surface area contributed by atoms with Gasteiger partial charge in [-0.05, 0) is 31.5 Å². The van der Waals surface area contributed by atoms with E-state index in [0.717, 1.165) is 22.8 Å². The predicted octanol–water partition coefficient (Wildman–Crippen LogP) is 2.69. The van der Waals surface area contributed by atoms with Crippen LogP contribution in [0.5, 0.6) is 5.75 Å². The van der Waals surface area contributed by atoms with E-state index in [1.807, 2.05) is 43.3 Å². The van der Waals surface area contributed by atoms with Crippen molar-refractivity contribution in [1.82, 2.24) is 10.2 Å². The third-order valence-electron chi connectivity index (χ3n) is 4.89. The first kappa shape index (κ1) is 19.0. The molecule has 1 saturated heterocycles. The second-order valence-electron chi connectivity index (χ2n) is 6.88.